The molecule has 0 aliphatic carbocycles. The van der Waals surface area contributed by atoms with Gasteiger partial charge < -0.3 is 5.32 Å². The number of carbonyl (C=O) groups excluding carboxylic acids is 1. The zero-order valence-electron chi connectivity index (χ0n) is 14.7. The fraction of sp³-hybridized carbons (Fsp3) is 0.263. The molecular formula is C19H21N5O2. The third kappa shape index (κ3) is 3.72. The van der Waals surface area contributed by atoms with Gasteiger partial charge in [0.15, 0.2) is 0 Å². The summed E-state index contributed by atoms with van der Waals surface area (Å²) in [4.78, 5) is 32.0. The van der Waals surface area contributed by atoms with Gasteiger partial charge in [-0.1, -0.05) is 50.6 Å². The van der Waals surface area contributed by atoms with Crippen LogP contribution in [0.2, 0.25) is 0 Å². The molecule has 3 aromatic rings. The molecule has 0 saturated heterocycles. The van der Waals surface area contributed by atoms with Crippen LogP contribution in [0.15, 0.2) is 59.8 Å². The van der Waals surface area contributed by atoms with Crippen molar-refractivity contribution in [3.8, 4) is 5.95 Å². The normalized spacial score (nSPS) is 13.2. The molecule has 7 heteroatoms. The van der Waals surface area contributed by atoms with E-state index in [2.05, 4.69) is 20.4 Å². The van der Waals surface area contributed by atoms with Crippen LogP contribution in [-0.4, -0.2) is 25.7 Å². The fourth-order valence-electron chi connectivity index (χ4n) is 2.83. The Hall–Kier alpha value is -3.22. The average Bonchev–Trinajstić information content (AvgIpc) is 3.19. The lowest BCUT2D eigenvalue weighted by molar-refractivity contribution is -0.118. The van der Waals surface area contributed by atoms with Crippen LogP contribution in [0.5, 0.6) is 0 Å². The highest BCUT2D eigenvalue weighted by Crippen LogP contribution is 2.28. The van der Waals surface area contributed by atoms with Crippen molar-refractivity contribution in [3.05, 3.63) is 70.9 Å². The van der Waals surface area contributed by atoms with E-state index in [1.165, 1.54) is 10.9 Å². The SMILES string of the molecule is CCC(C)C(C(=O)Nc1cnc(-n2cccn2)[nH]c1=O)c1ccccc1. The highest BCUT2D eigenvalue weighted by molar-refractivity contribution is 5.95. The Labute approximate surface area is 151 Å². The van der Waals surface area contributed by atoms with Crippen molar-refractivity contribution < 1.29 is 4.79 Å². The number of rotatable bonds is 6. The quantitative estimate of drug-likeness (QED) is 0.714. The Balaban J connectivity index is 1.84. The number of H-pyrrole nitrogens is 1. The number of benzene rings is 1. The first kappa shape index (κ1) is 17.6. The van der Waals surface area contributed by atoms with Crippen molar-refractivity contribution in [2.45, 2.75) is 26.2 Å². The van der Waals surface area contributed by atoms with Gasteiger partial charge in [0.1, 0.15) is 5.69 Å². The highest BCUT2D eigenvalue weighted by Gasteiger charge is 2.26. The molecule has 1 amide bonds. The van der Waals surface area contributed by atoms with E-state index < -0.39 is 5.56 Å². The maximum absolute atomic E-state index is 12.9. The summed E-state index contributed by atoms with van der Waals surface area (Å²) in [5, 5.41) is 6.74. The molecule has 26 heavy (non-hydrogen) atoms. The van der Waals surface area contributed by atoms with Crippen molar-refractivity contribution in [2.24, 2.45) is 5.92 Å². The molecule has 2 unspecified atom stereocenters. The summed E-state index contributed by atoms with van der Waals surface area (Å²) >= 11 is 0. The molecule has 2 N–H and O–H groups in total. The number of amides is 1. The van der Waals surface area contributed by atoms with E-state index in [9.17, 15) is 9.59 Å². The maximum atomic E-state index is 12.9. The first-order valence-electron chi connectivity index (χ1n) is 8.55. The van der Waals surface area contributed by atoms with Crippen molar-refractivity contribution in [2.75, 3.05) is 5.32 Å². The van der Waals surface area contributed by atoms with Gasteiger partial charge in [0.05, 0.1) is 12.1 Å². The highest BCUT2D eigenvalue weighted by atomic mass is 16.2. The molecule has 0 aliphatic rings. The van der Waals surface area contributed by atoms with E-state index >= 15 is 0 Å². The average molecular weight is 351 g/mol. The van der Waals surface area contributed by atoms with Crippen LogP contribution in [0.4, 0.5) is 5.69 Å². The number of hydrogen-bond donors (Lipinski definition) is 2. The summed E-state index contributed by atoms with van der Waals surface area (Å²) in [6.07, 6.45) is 5.46. The Morgan fingerprint density at radius 3 is 2.65 bits per heavy atom. The van der Waals surface area contributed by atoms with Gasteiger partial charge in [-0.15, -0.1) is 0 Å². The molecule has 2 atom stereocenters. The monoisotopic (exact) mass is 351 g/mol. The number of anilines is 1. The third-order valence-electron chi connectivity index (χ3n) is 4.42. The lowest BCUT2D eigenvalue weighted by atomic mass is 9.85. The molecule has 0 radical (unpaired) electrons. The van der Waals surface area contributed by atoms with Crippen LogP contribution in [0.1, 0.15) is 31.7 Å². The molecule has 1 aromatic carbocycles. The van der Waals surface area contributed by atoms with Gasteiger partial charge in [0.2, 0.25) is 11.9 Å². The molecule has 2 aromatic heterocycles. The summed E-state index contributed by atoms with van der Waals surface area (Å²) in [5.41, 5.74) is 0.627. The molecule has 7 nitrogen and oxygen atoms in total. The zero-order chi connectivity index (χ0) is 18.5. The molecule has 0 bridgehead atoms. The Morgan fingerprint density at radius 2 is 2.04 bits per heavy atom. The standard InChI is InChI=1S/C19H21N5O2/c1-3-13(2)16(14-8-5-4-6-9-14)18(26)22-15-12-20-19(23-17(15)25)24-11-7-10-21-24/h4-13,16H,3H2,1-2H3,(H,22,26)(H,20,23,25). The third-order valence-corrected chi connectivity index (χ3v) is 4.42. The second-order valence-electron chi connectivity index (χ2n) is 6.16. The van der Waals surface area contributed by atoms with Gasteiger partial charge in [-0.05, 0) is 17.5 Å². The smallest absolute Gasteiger partial charge is 0.276 e. The Kier molecular flexibility index (Phi) is 5.26. The van der Waals surface area contributed by atoms with E-state index in [0.717, 1.165) is 12.0 Å². The summed E-state index contributed by atoms with van der Waals surface area (Å²) in [7, 11) is 0. The van der Waals surface area contributed by atoms with Gasteiger partial charge >= 0.3 is 0 Å². The summed E-state index contributed by atoms with van der Waals surface area (Å²) in [6, 6.07) is 11.3. The van der Waals surface area contributed by atoms with E-state index in [1.807, 2.05) is 44.2 Å². The molecular weight excluding hydrogens is 330 g/mol. The molecule has 3 rings (SSSR count). The predicted octanol–water partition coefficient (Wildman–Crippen LogP) is 2.72. The lowest BCUT2D eigenvalue weighted by Crippen LogP contribution is -2.29. The van der Waals surface area contributed by atoms with E-state index in [1.54, 1.807) is 18.5 Å². The van der Waals surface area contributed by atoms with Crippen LogP contribution in [0, 0.1) is 5.92 Å². The van der Waals surface area contributed by atoms with Crippen LogP contribution in [0.25, 0.3) is 5.95 Å². The van der Waals surface area contributed by atoms with Crippen LogP contribution >= 0.6 is 0 Å². The van der Waals surface area contributed by atoms with Gasteiger partial charge in [-0.3, -0.25) is 14.6 Å². The number of aromatic nitrogens is 4. The summed E-state index contributed by atoms with van der Waals surface area (Å²) in [5.74, 6) is -0.136. The van der Waals surface area contributed by atoms with Crippen LogP contribution < -0.4 is 10.9 Å². The lowest BCUT2D eigenvalue weighted by Gasteiger charge is -2.22. The van der Waals surface area contributed by atoms with Crippen molar-refractivity contribution in [3.63, 3.8) is 0 Å². The Morgan fingerprint density at radius 1 is 1.27 bits per heavy atom. The van der Waals surface area contributed by atoms with E-state index in [4.69, 9.17) is 0 Å². The second-order valence-corrected chi connectivity index (χ2v) is 6.16. The first-order valence-corrected chi connectivity index (χ1v) is 8.55. The fourth-order valence-corrected chi connectivity index (χ4v) is 2.83. The number of aromatic amines is 1. The second kappa shape index (κ2) is 7.77. The minimum Gasteiger partial charge on any atom is -0.320 e. The van der Waals surface area contributed by atoms with E-state index in [-0.39, 0.29) is 23.4 Å². The van der Waals surface area contributed by atoms with Crippen molar-refractivity contribution in [1.82, 2.24) is 19.7 Å². The van der Waals surface area contributed by atoms with Gasteiger partial charge in [0.25, 0.3) is 5.56 Å². The summed E-state index contributed by atoms with van der Waals surface area (Å²) in [6.45, 7) is 4.07. The van der Waals surface area contributed by atoms with E-state index in [0.29, 0.717) is 5.95 Å². The minimum atomic E-state index is -0.421. The van der Waals surface area contributed by atoms with Crippen molar-refractivity contribution >= 4 is 11.6 Å². The largest absolute Gasteiger partial charge is 0.320 e. The van der Waals surface area contributed by atoms with Gasteiger partial charge in [-0.25, -0.2) is 9.67 Å². The molecule has 0 fully saturated rings. The number of hydrogen-bond acceptors (Lipinski definition) is 4. The predicted molar refractivity (Wildman–Crippen MR) is 99.2 cm³/mol. The Bertz CT molecular complexity index is 919. The van der Waals surface area contributed by atoms with Gasteiger partial charge in [0, 0.05) is 12.4 Å². The molecule has 0 spiro atoms. The first-order chi connectivity index (χ1) is 12.6. The maximum Gasteiger partial charge on any atom is 0.276 e. The number of nitrogens with one attached hydrogen (secondary N) is 2. The zero-order valence-corrected chi connectivity index (χ0v) is 14.7. The number of nitrogens with zero attached hydrogens (tertiary/aromatic N) is 3. The van der Waals surface area contributed by atoms with Gasteiger partial charge in [-0.2, -0.15) is 5.10 Å². The van der Waals surface area contributed by atoms with Crippen LogP contribution in [-0.2, 0) is 4.79 Å². The summed E-state index contributed by atoms with van der Waals surface area (Å²) < 4.78 is 1.44. The van der Waals surface area contributed by atoms with Crippen molar-refractivity contribution in [1.29, 1.82) is 0 Å². The van der Waals surface area contributed by atoms with Crippen LogP contribution in [0.3, 0.4) is 0 Å². The molecule has 2 heterocycles. The molecule has 134 valence electrons. The minimum absolute atomic E-state index is 0.121. The topological polar surface area (TPSA) is 92.7 Å². The molecule has 0 aliphatic heterocycles. The molecule has 0 saturated carbocycles. The number of carbonyl (C=O) groups is 1.